The standard InChI is InChI=1S/C40H53B2N3O2.2C7H8/c1-26-22-30(5)35(31(6)23-26)38(43-37-28(3)16-15-17-29(37)4)41(36-32(7)24-27(2)25-33(36)8)47-42(39(9,10)40(11,12)46-42)45-20-18-34(19-21-45)44(13)14;2*1-7-5-3-2-4-6-7/h15-25H,1-14H3;2*2-6H,1H3/t42-;;/m1../s1. The van der Waals surface area contributed by atoms with E-state index in [2.05, 4.69) is 212 Å². The molecule has 0 aliphatic carbocycles. The predicted molar refractivity (Wildman–Crippen MR) is 264 cm³/mol. The summed E-state index contributed by atoms with van der Waals surface area (Å²) in [6, 6.07) is 40.2. The second kappa shape index (κ2) is 19.2. The number of rotatable bonds is 8. The Labute approximate surface area is 369 Å². The second-order valence-electron chi connectivity index (χ2n) is 18.6. The Balaban J connectivity index is 0.000000423. The molecule has 0 spiro atoms. The molecule has 1 aromatic heterocycles. The summed E-state index contributed by atoms with van der Waals surface area (Å²) in [6.45, 7) is 27.9. The minimum Gasteiger partial charge on any atom is -0.564 e. The number of aryl methyl sites for hydroxylation is 10. The number of hydrogen-bond donors (Lipinski definition) is 0. The largest absolute Gasteiger partial charge is 0.564 e. The zero-order valence-corrected chi connectivity index (χ0v) is 39.9. The Morgan fingerprint density at radius 2 is 1.02 bits per heavy atom. The summed E-state index contributed by atoms with van der Waals surface area (Å²) in [5.74, 6) is 0. The molecule has 1 aliphatic heterocycles. The smallest absolute Gasteiger partial charge is 0.540 e. The summed E-state index contributed by atoms with van der Waals surface area (Å²) in [5.41, 5.74) is 17.0. The van der Waals surface area contributed by atoms with Gasteiger partial charge in [-0.25, -0.2) is 0 Å². The third kappa shape index (κ3) is 10.3. The minimum atomic E-state index is -2.06. The summed E-state index contributed by atoms with van der Waals surface area (Å²) in [5, 5.41) is -0.358. The molecule has 1 aliphatic rings. The molecule has 61 heavy (non-hydrogen) atoms. The highest BCUT2D eigenvalue weighted by atomic mass is 16.6. The molecule has 1 saturated heterocycles. The van der Waals surface area contributed by atoms with Gasteiger partial charge in [0.1, 0.15) is 12.4 Å². The number of aliphatic imine (C=N–C) groups is 1. The third-order valence-corrected chi connectivity index (χ3v) is 12.7. The van der Waals surface area contributed by atoms with Crippen LogP contribution in [0, 0.1) is 69.2 Å². The maximum Gasteiger partial charge on any atom is 0.540 e. The van der Waals surface area contributed by atoms with Gasteiger partial charge in [0.2, 0.25) is 0 Å². The van der Waals surface area contributed by atoms with Gasteiger partial charge in [-0.1, -0.05) is 150 Å². The third-order valence-electron chi connectivity index (χ3n) is 12.7. The number of anilines is 1. The van der Waals surface area contributed by atoms with Gasteiger partial charge in [-0.3, -0.25) is 4.99 Å². The van der Waals surface area contributed by atoms with Gasteiger partial charge in [0.25, 0.3) is 0 Å². The Bertz CT molecular complexity index is 2360. The summed E-state index contributed by atoms with van der Waals surface area (Å²) in [4.78, 5) is 7.76. The lowest BCUT2D eigenvalue weighted by Gasteiger charge is -2.67. The number of pyridine rings is 1. The summed E-state index contributed by atoms with van der Waals surface area (Å²) < 4.78 is 17.0. The van der Waals surface area contributed by atoms with E-state index in [4.69, 9.17) is 14.2 Å². The SMILES string of the molecule is Cc1cc(C)c(B(O[B@-]2([n+]3ccc(N(C)C)cc3)OC(C)(C)C2(C)C)C(=Nc2c(C)cccc2C)c2c(C)cc(C)cc2C)c(C)c1.Cc1ccccc1.Cc1ccccc1. The molecule has 5 nitrogen and oxygen atoms in total. The average Bonchev–Trinajstić information content (AvgIpc) is 3.18. The van der Waals surface area contributed by atoms with E-state index < -0.39 is 19.2 Å². The van der Waals surface area contributed by atoms with Crippen molar-refractivity contribution in [3.8, 4) is 0 Å². The van der Waals surface area contributed by atoms with E-state index >= 15 is 0 Å². The van der Waals surface area contributed by atoms with Crippen LogP contribution in [-0.4, -0.2) is 38.9 Å². The fourth-order valence-corrected chi connectivity index (χ4v) is 8.80. The Morgan fingerprint density at radius 3 is 1.39 bits per heavy atom. The molecule has 318 valence electrons. The fraction of sp³-hybridized carbons (Fsp3) is 0.333. The van der Waals surface area contributed by atoms with Crippen LogP contribution >= 0.6 is 0 Å². The first-order valence-electron chi connectivity index (χ1n) is 21.7. The van der Waals surface area contributed by atoms with Gasteiger partial charge in [-0.2, -0.15) is 0 Å². The van der Waals surface area contributed by atoms with Crippen molar-refractivity contribution in [2.75, 3.05) is 19.0 Å². The van der Waals surface area contributed by atoms with Gasteiger partial charge in [-0.05, 0) is 122 Å². The quantitative estimate of drug-likeness (QED) is 0.113. The summed E-state index contributed by atoms with van der Waals surface area (Å²) in [7, 11) is 4.12. The first kappa shape index (κ1) is 46.8. The van der Waals surface area contributed by atoms with Crippen molar-refractivity contribution in [2.45, 2.75) is 108 Å². The van der Waals surface area contributed by atoms with E-state index in [-0.39, 0.29) is 5.31 Å². The molecule has 0 N–H and O–H groups in total. The van der Waals surface area contributed by atoms with Crippen LogP contribution in [0.1, 0.15) is 88.9 Å². The molecule has 1 fully saturated rings. The molecule has 1 atom stereocenters. The second-order valence-corrected chi connectivity index (χ2v) is 18.6. The van der Waals surface area contributed by atoms with Crippen LogP contribution in [0.5, 0.6) is 0 Å². The molecule has 5 aromatic carbocycles. The molecule has 7 heteroatoms. The van der Waals surface area contributed by atoms with Crippen molar-refractivity contribution in [1.82, 2.24) is 0 Å². The van der Waals surface area contributed by atoms with Crippen LogP contribution < -0.4 is 14.8 Å². The molecule has 0 amide bonds. The minimum absolute atomic E-state index is 0.358. The maximum absolute atomic E-state index is 7.77. The number of aromatic nitrogens is 1. The van der Waals surface area contributed by atoms with Gasteiger partial charge < -0.3 is 18.6 Å². The van der Waals surface area contributed by atoms with E-state index in [1.807, 2.05) is 36.4 Å². The average molecular weight is 814 g/mol. The van der Waals surface area contributed by atoms with Crippen molar-refractivity contribution in [3.63, 3.8) is 0 Å². The van der Waals surface area contributed by atoms with Gasteiger partial charge in [-0.15, -0.1) is 0 Å². The molecule has 6 aromatic rings. The van der Waals surface area contributed by atoms with Crippen LogP contribution in [0.4, 0.5) is 11.4 Å². The molecule has 0 bridgehead atoms. The van der Waals surface area contributed by atoms with Gasteiger partial charge >= 0.3 is 13.6 Å². The van der Waals surface area contributed by atoms with E-state index in [1.54, 1.807) is 0 Å². The number of benzene rings is 5. The van der Waals surface area contributed by atoms with Gasteiger partial charge in [0, 0.05) is 43.1 Å². The van der Waals surface area contributed by atoms with E-state index in [1.165, 1.54) is 44.5 Å². The topological polar surface area (TPSA) is 37.9 Å². The van der Waals surface area contributed by atoms with Crippen molar-refractivity contribution < 1.29 is 13.7 Å². The van der Waals surface area contributed by atoms with E-state index in [0.29, 0.717) is 0 Å². The van der Waals surface area contributed by atoms with Gasteiger partial charge in [0.15, 0.2) is 0 Å². The molecule has 0 saturated carbocycles. The van der Waals surface area contributed by atoms with Crippen molar-refractivity contribution in [1.29, 1.82) is 0 Å². The van der Waals surface area contributed by atoms with E-state index in [0.717, 1.165) is 39.1 Å². The Hall–Kier alpha value is -5.23. The van der Waals surface area contributed by atoms with Crippen LogP contribution in [0.25, 0.3) is 0 Å². The number of para-hydroxylation sites is 1. The first-order valence-corrected chi connectivity index (χ1v) is 21.7. The Morgan fingerprint density at radius 1 is 0.574 bits per heavy atom. The maximum atomic E-state index is 7.77. The highest BCUT2D eigenvalue weighted by molar-refractivity contribution is 7.02. The van der Waals surface area contributed by atoms with Crippen LogP contribution in [0.2, 0.25) is 5.31 Å². The predicted octanol–water partition coefficient (Wildman–Crippen LogP) is 12.1. The Kier molecular flexibility index (Phi) is 14.8. The van der Waals surface area contributed by atoms with Crippen LogP contribution in [0.3, 0.4) is 0 Å². The van der Waals surface area contributed by atoms with Crippen molar-refractivity contribution >= 4 is 36.1 Å². The molecule has 2 heterocycles. The molecule has 0 radical (unpaired) electrons. The highest BCUT2D eigenvalue weighted by Crippen LogP contribution is 2.59. The molecule has 0 unspecified atom stereocenters. The normalized spacial score (nSPS) is 16.3. The first-order chi connectivity index (χ1) is 28.7. The van der Waals surface area contributed by atoms with Crippen molar-refractivity contribution in [2.24, 2.45) is 4.99 Å². The molecular weight excluding hydrogens is 744 g/mol. The number of nitrogens with zero attached hydrogens (tertiary/aromatic N) is 3. The summed E-state index contributed by atoms with van der Waals surface area (Å²) >= 11 is 0. The lowest BCUT2D eigenvalue weighted by atomic mass is 9.33. The van der Waals surface area contributed by atoms with Gasteiger partial charge in [0.05, 0.1) is 5.69 Å². The fourth-order valence-electron chi connectivity index (χ4n) is 8.80. The summed E-state index contributed by atoms with van der Waals surface area (Å²) in [6.07, 6.45) is 4.23. The highest BCUT2D eigenvalue weighted by Gasteiger charge is 2.72. The number of hydrogen-bond acceptors (Lipinski definition) is 4. The lowest BCUT2D eigenvalue weighted by molar-refractivity contribution is -0.594. The zero-order valence-electron chi connectivity index (χ0n) is 39.9. The molecule has 7 rings (SSSR count). The van der Waals surface area contributed by atoms with Crippen LogP contribution in [-0.2, 0) is 9.23 Å². The molecular formula is C54H69B2N3O2. The van der Waals surface area contributed by atoms with E-state index in [9.17, 15) is 0 Å². The van der Waals surface area contributed by atoms with Crippen molar-refractivity contribution in [3.05, 3.63) is 189 Å². The van der Waals surface area contributed by atoms with Crippen LogP contribution in [0.15, 0.2) is 133 Å². The lowest BCUT2D eigenvalue weighted by Crippen LogP contribution is -2.88. The zero-order chi connectivity index (χ0) is 44.9. The monoisotopic (exact) mass is 814 g/mol.